The van der Waals surface area contributed by atoms with Gasteiger partial charge in [-0.1, -0.05) is 12.1 Å². The van der Waals surface area contributed by atoms with Gasteiger partial charge in [-0.2, -0.15) is 0 Å². The highest BCUT2D eigenvalue weighted by Crippen LogP contribution is 2.18. The molecule has 2 aromatic rings. The Balaban J connectivity index is 2.00. The summed E-state index contributed by atoms with van der Waals surface area (Å²) in [5.74, 6) is -1.37. The van der Waals surface area contributed by atoms with Crippen molar-refractivity contribution >= 4 is 27.6 Å². The average molecular weight is 408 g/mol. The minimum atomic E-state index is -3.72. The summed E-state index contributed by atoms with van der Waals surface area (Å²) in [5.41, 5.74) is 1.37. The molecule has 0 aromatic heterocycles. The van der Waals surface area contributed by atoms with E-state index in [1.165, 1.54) is 43.5 Å². The Hall–Kier alpha value is -2.94. The molecule has 0 fully saturated rings. The van der Waals surface area contributed by atoms with Crippen LogP contribution in [0.2, 0.25) is 0 Å². The van der Waals surface area contributed by atoms with Gasteiger partial charge in [-0.25, -0.2) is 17.6 Å². The molecule has 7 nitrogen and oxygen atoms in total. The lowest BCUT2D eigenvalue weighted by Gasteiger charge is -2.22. The maximum absolute atomic E-state index is 12.9. The molecule has 0 aliphatic carbocycles. The van der Waals surface area contributed by atoms with E-state index in [-0.39, 0.29) is 23.6 Å². The van der Waals surface area contributed by atoms with Crippen molar-refractivity contribution in [1.29, 1.82) is 0 Å². The van der Waals surface area contributed by atoms with E-state index in [1.807, 2.05) is 0 Å². The van der Waals surface area contributed by atoms with Gasteiger partial charge in [-0.05, 0) is 48.4 Å². The van der Waals surface area contributed by atoms with Crippen LogP contribution in [0.5, 0.6) is 0 Å². The number of esters is 1. The lowest BCUT2D eigenvalue weighted by molar-refractivity contribution is -0.119. The molecule has 150 valence electrons. The van der Waals surface area contributed by atoms with Crippen molar-refractivity contribution in [2.45, 2.75) is 6.42 Å². The molecule has 1 amide bonds. The minimum absolute atomic E-state index is 0.254. The number of carbonyl (C=O) groups excluding carboxylic acids is 2. The summed E-state index contributed by atoms with van der Waals surface area (Å²) < 4.78 is 42.6. The first-order valence-corrected chi connectivity index (χ1v) is 10.2. The van der Waals surface area contributed by atoms with Crippen LogP contribution in [-0.2, 0) is 26.0 Å². The lowest BCUT2D eigenvalue weighted by Crippen LogP contribution is -2.41. The van der Waals surface area contributed by atoms with Crippen molar-refractivity contribution in [3.8, 4) is 0 Å². The number of rotatable bonds is 8. The highest BCUT2D eigenvalue weighted by atomic mass is 32.2. The van der Waals surface area contributed by atoms with Crippen LogP contribution in [0.15, 0.2) is 48.5 Å². The zero-order chi connectivity index (χ0) is 20.7. The first kappa shape index (κ1) is 21.4. The maximum atomic E-state index is 12.9. The summed E-state index contributed by atoms with van der Waals surface area (Å²) in [6, 6.07) is 11.6. The first-order chi connectivity index (χ1) is 13.2. The second kappa shape index (κ2) is 9.32. The fraction of sp³-hybridized carbons (Fsp3) is 0.263. The van der Waals surface area contributed by atoms with Gasteiger partial charge in [0.2, 0.25) is 15.9 Å². The summed E-state index contributed by atoms with van der Waals surface area (Å²) in [7, 11) is -2.47. The molecule has 0 radical (unpaired) electrons. The monoisotopic (exact) mass is 408 g/mol. The number of carbonyl (C=O) groups is 2. The van der Waals surface area contributed by atoms with Crippen molar-refractivity contribution < 1.29 is 27.1 Å². The van der Waals surface area contributed by atoms with Crippen LogP contribution in [0, 0.1) is 5.82 Å². The third-order valence-electron chi connectivity index (χ3n) is 3.91. The van der Waals surface area contributed by atoms with Crippen LogP contribution in [0.4, 0.5) is 10.1 Å². The van der Waals surface area contributed by atoms with Gasteiger partial charge in [0.05, 0.1) is 24.6 Å². The summed E-state index contributed by atoms with van der Waals surface area (Å²) in [6.45, 7) is -0.122. The van der Waals surface area contributed by atoms with E-state index in [9.17, 15) is 22.4 Å². The molecule has 2 aromatic carbocycles. The van der Waals surface area contributed by atoms with Gasteiger partial charge >= 0.3 is 5.97 Å². The smallest absolute Gasteiger partial charge is 0.337 e. The van der Waals surface area contributed by atoms with Crippen molar-refractivity contribution in [1.82, 2.24) is 5.32 Å². The number of halogens is 1. The topological polar surface area (TPSA) is 92.8 Å². The number of nitrogens with one attached hydrogen (secondary N) is 1. The third kappa shape index (κ3) is 6.05. The molecule has 0 unspecified atom stereocenters. The molecule has 28 heavy (non-hydrogen) atoms. The Morgan fingerprint density at radius 3 is 2.21 bits per heavy atom. The molecule has 0 bridgehead atoms. The molecular weight excluding hydrogens is 387 g/mol. The molecular formula is C19H21FN2O5S. The van der Waals surface area contributed by atoms with Gasteiger partial charge in [-0.3, -0.25) is 9.10 Å². The van der Waals surface area contributed by atoms with E-state index in [1.54, 1.807) is 12.1 Å². The third-order valence-corrected chi connectivity index (χ3v) is 5.05. The Morgan fingerprint density at radius 1 is 1.07 bits per heavy atom. The van der Waals surface area contributed by atoms with Crippen LogP contribution in [-0.4, -0.2) is 46.7 Å². The fourth-order valence-corrected chi connectivity index (χ4v) is 3.32. The Labute approximate surface area is 163 Å². The highest BCUT2D eigenvalue weighted by molar-refractivity contribution is 7.92. The number of anilines is 1. The average Bonchev–Trinajstić information content (AvgIpc) is 2.66. The maximum Gasteiger partial charge on any atom is 0.337 e. The Bertz CT molecular complexity index is 928. The van der Waals surface area contributed by atoms with E-state index >= 15 is 0 Å². The summed E-state index contributed by atoms with van der Waals surface area (Å²) in [4.78, 5) is 23.7. The molecule has 0 saturated heterocycles. The first-order valence-electron chi connectivity index (χ1n) is 8.38. The molecule has 0 saturated carbocycles. The number of amides is 1. The van der Waals surface area contributed by atoms with Crippen LogP contribution in [0.1, 0.15) is 15.9 Å². The van der Waals surface area contributed by atoms with Crippen molar-refractivity contribution in [3.05, 3.63) is 65.5 Å². The number of hydrogen-bond donors (Lipinski definition) is 1. The Morgan fingerprint density at radius 2 is 1.68 bits per heavy atom. The number of benzene rings is 2. The number of nitrogens with zero attached hydrogens (tertiary/aromatic N) is 1. The van der Waals surface area contributed by atoms with Gasteiger partial charge in [-0.15, -0.1) is 0 Å². The summed E-state index contributed by atoms with van der Waals surface area (Å²) in [6.07, 6.45) is 1.48. The molecule has 1 N–H and O–H groups in total. The Kier molecular flexibility index (Phi) is 7.11. The SMILES string of the molecule is COC(=O)c1ccc(N(CC(=O)NCCc2ccc(F)cc2)S(C)(=O)=O)cc1. The molecule has 2 rings (SSSR count). The second-order valence-corrected chi connectivity index (χ2v) is 7.94. The molecule has 9 heteroatoms. The normalized spacial score (nSPS) is 11.0. The van der Waals surface area contributed by atoms with Crippen LogP contribution in [0.25, 0.3) is 0 Å². The van der Waals surface area contributed by atoms with Crippen molar-refractivity contribution in [2.24, 2.45) is 0 Å². The molecule has 0 atom stereocenters. The zero-order valence-corrected chi connectivity index (χ0v) is 16.3. The van der Waals surface area contributed by atoms with E-state index < -0.39 is 28.4 Å². The van der Waals surface area contributed by atoms with Gasteiger partial charge in [0, 0.05) is 6.54 Å². The van der Waals surface area contributed by atoms with E-state index in [0.717, 1.165) is 16.1 Å². The quantitative estimate of drug-likeness (QED) is 0.672. The predicted octanol–water partition coefficient (Wildman–Crippen LogP) is 1.74. The van der Waals surface area contributed by atoms with Crippen LogP contribution < -0.4 is 9.62 Å². The van der Waals surface area contributed by atoms with Gasteiger partial charge < -0.3 is 10.1 Å². The van der Waals surface area contributed by atoms with Crippen molar-refractivity contribution in [2.75, 3.05) is 30.8 Å². The van der Waals surface area contributed by atoms with Crippen molar-refractivity contribution in [3.63, 3.8) is 0 Å². The number of sulfonamides is 1. The van der Waals surface area contributed by atoms with Gasteiger partial charge in [0.1, 0.15) is 12.4 Å². The number of ether oxygens (including phenoxy) is 1. The van der Waals surface area contributed by atoms with E-state index in [2.05, 4.69) is 10.1 Å². The fourth-order valence-electron chi connectivity index (χ4n) is 2.47. The molecule has 0 heterocycles. The highest BCUT2D eigenvalue weighted by Gasteiger charge is 2.21. The van der Waals surface area contributed by atoms with Crippen LogP contribution >= 0.6 is 0 Å². The number of hydrogen-bond acceptors (Lipinski definition) is 5. The molecule has 0 aliphatic heterocycles. The molecule has 0 aliphatic rings. The predicted molar refractivity (Wildman–Crippen MR) is 103 cm³/mol. The summed E-state index contributed by atoms with van der Waals surface area (Å²) in [5, 5.41) is 2.64. The van der Waals surface area contributed by atoms with Crippen LogP contribution in [0.3, 0.4) is 0 Å². The van der Waals surface area contributed by atoms with E-state index in [4.69, 9.17) is 0 Å². The van der Waals surface area contributed by atoms with E-state index in [0.29, 0.717) is 6.42 Å². The second-order valence-electron chi connectivity index (χ2n) is 6.03. The minimum Gasteiger partial charge on any atom is -0.465 e. The number of methoxy groups -OCH3 is 1. The van der Waals surface area contributed by atoms with Gasteiger partial charge in [0.25, 0.3) is 0 Å². The standard InChI is InChI=1S/C19H21FN2O5S/c1-27-19(24)15-5-9-17(10-6-15)22(28(2,25)26)13-18(23)21-12-11-14-3-7-16(20)8-4-14/h3-10H,11-13H2,1-2H3,(H,21,23). The van der Waals surface area contributed by atoms with Gasteiger partial charge in [0.15, 0.2) is 0 Å². The molecule has 0 spiro atoms. The lowest BCUT2D eigenvalue weighted by atomic mass is 10.1. The largest absolute Gasteiger partial charge is 0.465 e. The summed E-state index contributed by atoms with van der Waals surface area (Å²) >= 11 is 0. The zero-order valence-electron chi connectivity index (χ0n) is 15.5.